The summed E-state index contributed by atoms with van der Waals surface area (Å²) in [5.41, 5.74) is 1.04. The maximum Gasteiger partial charge on any atom is 0.339 e. The van der Waals surface area contributed by atoms with E-state index in [1.54, 1.807) is 24.3 Å². The van der Waals surface area contributed by atoms with Crippen molar-refractivity contribution in [2.75, 3.05) is 6.61 Å². The van der Waals surface area contributed by atoms with Crippen LogP contribution in [0, 0.1) is 0 Å². The molecule has 0 radical (unpaired) electrons. The van der Waals surface area contributed by atoms with Crippen LogP contribution in [0.15, 0.2) is 24.3 Å². The van der Waals surface area contributed by atoms with Gasteiger partial charge in [0.2, 0.25) is 0 Å². The van der Waals surface area contributed by atoms with Crippen molar-refractivity contribution >= 4 is 34.7 Å². The van der Waals surface area contributed by atoms with E-state index in [0.29, 0.717) is 21.2 Å². The van der Waals surface area contributed by atoms with Gasteiger partial charge in [-0.25, -0.2) is 4.79 Å². The second-order valence-electron chi connectivity index (χ2n) is 3.34. The zero-order chi connectivity index (χ0) is 11.7. The number of hydrogen-bond donors (Lipinski definition) is 1. The molecule has 1 aliphatic rings. The Bertz CT molecular complexity index is 468. The Morgan fingerprint density at radius 3 is 2.62 bits per heavy atom. The van der Waals surface area contributed by atoms with Gasteiger partial charge in [-0.2, -0.15) is 0 Å². The van der Waals surface area contributed by atoms with Crippen LogP contribution < -0.4 is 0 Å². The lowest BCUT2D eigenvalue weighted by atomic mass is 10.1. The van der Waals surface area contributed by atoms with Gasteiger partial charge in [0.1, 0.15) is 6.10 Å². The summed E-state index contributed by atoms with van der Waals surface area (Å²) in [7, 11) is 0. The first-order valence-electron chi connectivity index (χ1n) is 4.61. The summed E-state index contributed by atoms with van der Waals surface area (Å²) in [5.74, 6) is -0.461. The van der Waals surface area contributed by atoms with Crippen molar-refractivity contribution < 1.29 is 14.6 Å². The molecule has 1 atom stereocenters. The highest BCUT2D eigenvalue weighted by molar-refractivity contribution is 6.42. The highest BCUT2D eigenvalue weighted by atomic mass is 35.5. The predicted molar refractivity (Wildman–Crippen MR) is 61.4 cm³/mol. The molecule has 0 amide bonds. The molecule has 0 unspecified atom stereocenters. The molecule has 0 saturated carbocycles. The maximum absolute atomic E-state index is 11.5. The number of carbonyl (C=O) groups excluding carboxylic acids is 1. The summed E-state index contributed by atoms with van der Waals surface area (Å²) in [4.78, 5) is 11.5. The fourth-order valence-electron chi connectivity index (χ4n) is 1.46. The van der Waals surface area contributed by atoms with Gasteiger partial charge < -0.3 is 9.84 Å². The Hall–Kier alpha value is -1.03. The van der Waals surface area contributed by atoms with Gasteiger partial charge >= 0.3 is 5.97 Å². The number of cyclic esters (lactones) is 1. The number of halogens is 2. The number of esters is 1. The summed E-state index contributed by atoms with van der Waals surface area (Å²) in [6, 6.07) is 4.89. The predicted octanol–water partition coefficient (Wildman–Crippen LogP) is 2.29. The van der Waals surface area contributed by atoms with E-state index in [9.17, 15) is 4.79 Å². The van der Waals surface area contributed by atoms with E-state index in [1.165, 1.54) is 0 Å². The third-order valence-electron chi connectivity index (χ3n) is 2.24. The number of aliphatic hydroxyl groups is 1. The van der Waals surface area contributed by atoms with Crippen LogP contribution in [0.1, 0.15) is 5.56 Å². The third kappa shape index (κ3) is 2.07. The lowest BCUT2D eigenvalue weighted by Crippen LogP contribution is -2.11. The molecule has 16 heavy (non-hydrogen) atoms. The van der Waals surface area contributed by atoms with E-state index in [1.807, 2.05) is 0 Å². The van der Waals surface area contributed by atoms with Crippen molar-refractivity contribution in [3.63, 3.8) is 0 Å². The quantitative estimate of drug-likeness (QED) is 0.829. The molecule has 2 rings (SSSR count). The molecule has 5 heteroatoms. The number of hydrogen-bond acceptors (Lipinski definition) is 3. The second kappa shape index (κ2) is 4.45. The van der Waals surface area contributed by atoms with Crippen molar-refractivity contribution in [2.45, 2.75) is 6.10 Å². The fourth-order valence-corrected chi connectivity index (χ4v) is 1.75. The van der Waals surface area contributed by atoms with Crippen molar-refractivity contribution in [1.29, 1.82) is 0 Å². The summed E-state index contributed by atoms with van der Waals surface area (Å²) >= 11 is 11.6. The molecule has 0 saturated heterocycles. The average molecular weight is 259 g/mol. The van der Waals surface area contributed by atoms with Gasteiger partial charge in [0, 0.05) is 0 Å². The highest BCUT2D eigenvalue weighted by Gasteiger charge is 2.26. The first-order chi connectivity index (χ1) is 7.61. The van der Waals surface area contributed by atoms with Gasteiger partial charge in [0.25, 0.3) is 0 Å². The molecule has 3 nitrogen and oxygen atoms in total. The van der Waals surface area contributed by atoms with Crippen molar-refractivity contribution in [2.24, 2.45) is 0 Å². The summed E-state index contributed by atoms with van der Waals surface area (Å²) in [5, 5.41) is 9.68. The third-order valence-corrected chi connectivity index (χ3v) is 2.98. The molecule has 0 spiro atoms. The molecule has 0 aromatic heterocycles. The first-order valence-corrected chi connectivity index (χ1v) is 5.36. The second-order valence-corrected chi connectivity index (χ2v) is 4.15. The zero-order valence-corrected chi connectivity index (χ0v) is 9.63. The minimum absolute atomic E-state index is 0.226. The number of carbonyl (C=O) groups is 1. The smallest absolute Gasteiger partial charge is 0.339 e. The Kier molecular flexibility index (Phi) is 3.19. The standard InChI is InChI=1S/C11H8Cl2O3/c12-9-2-1-6(3-10(9)13)8-4-7(5-14)16-11(8)15/h1-4,7,14H,5H2/t7-/m0/s1. The molecule has 0 fully saturated rings. The molecular formula is C11H8Cl2O3. The summed E-state index contributed by atoms with van der Waals surface area (Å²) < 4.78 is 4.89. The SMILES string of the molecule is O=C1O[C@H](CO)C=C1c1ccc(Cl)c(Cl)c1. The molecule has 1 aromatic rings. The Morgan fingerprint density at radius 2 is 2.06 bits per heavy atom. The van der Waals surface area contributed by atoms with E-state index < -0.39 is 12.1 Å². The van der Waals surface area contributed by atoms with Crippen LogP contribution in [-0.2, 0) is 9.53 Å². The van der Waals surface area contributed by atoms with Crippen molar-refractivity contribution in [3.8, 4) is 0 Å². The Balaban J connectivity index is 2.37. The van der Waals surface area contributed by atoms with E-state index in [2.05, 4.69) is 0 Å². The Morgan fingerprint density at radius 1 is 1.31 bits per heavy atom. The average Bonchev–Trinajstić information content (AvgIpc) is 2.64. The topological polar surface area (TPSA) is 46.5 Å². The largest absolute Gasteiger partial charge is 0.452 e. The highest BCUT2D eigenvalue weighted by Crippen LogP contribution is 2.29. The molecule has 1 aliphatic heterocycles. The normalized spacial score (nSPS) is 19.6. The first kappa shape index (κ1) is 11.5. The number of rotatable bonds is 2. The van der Waals surface area contributed by atoms with Gasteiger partial charge in [0.15, 0.2) is 0 Å². The number of ether oxygens (including phenoxy) is 1. The van der Waals surface area contributed by atoms with Gasteiger partial charge in [-0.05, 0) is 23.8 Å². The van der Waals surface area contributed by atoms with Gasteiger partial charge in [0.05, 0.1) is 22.2 Å². The Labute approximate surface area is 102 Å². The van der Waals surface area contributed by atoms with Crippen molar-refractivity contribution in [1.82, 2.24) is 0 Å². The van der Waals surface area contributed by atoms with Crippen LogP contribution in [-0.4, -0.2) is 23.8 Å². The lowest BCUT2D eigenvalue weighted by Gasteiger charge is -2.02. The fraction of sp³-hybridized carbons (Fsp3) is 0.182. The zero-order valence-electron chi connectivity index (χ0n) is 8.11. The monoisotopic (exact) mass is 258 g/mol. The molecule has 1 heterocycles. The van der Waals surface area contributed by atoms with Crippen LogP contribution in [0.5, 0.6) is 0 Å². The molecule has 0 bridgehead atoms. The van der Waals surface area contributed by atoms with Crippen LogP contribution in [0.25, 0.3) is 5.57 Å². The molecule has 1 aromatic carbocycles. The molecule has 1 N–H and O–H groups in total. The van der Waals surface area contributed by atoms with Crippen LogP contribution in [0.4, 0.5) is 0 Å². The van der Waals surface area contributed by atoms with E-state index >= 15 is 0 Å². The lowest BCUT2D eigenvalue weighted by molar-refractivity contribution is -0.139. The minimum Gasteiger partial charge on any atom is -0.452 e. The molecule has 0 aliphatic carbocycles. The van der Waals surface area contributed by atoms with Gasteiger partial charge in [-0.1, -0.05) is 29.3 Å². The van der Waals surface area contributed by atoms with Gasteiger partial charge in [-0.3, -0.25) is 0 Å². The van der Waals surface area contributed by atoms with E-state index in [4.69, 9.17) is 33.0 Å². The van der Waals surface area contributed by atoms with Crippen molar-refractivity contribution in [3.05, 3.63) is 39.9 Å². The van der Waals surface area contributed by atoms with Gasteiger partial charge in [-0.15, -0.1) is 0 Å². The summed E-state index contributed by atoms with van der Waals surface area (Å²) in [6.45, 7) is -0.226. The van der Waals surface area contributed by atoms with Crippen LogP contribution in [0.2, 0.25) is 10.0 Å². The summed E-state index contributed by atoms with van der Waals surface area (Å²) in [6.07, 6.45) is 0.999. The maximum atomic E-state index is 11.5. The number of aliphatic hydroxyl groups excluding tert-OH is 1. The van der Waals surface area contributed by atoms with Crippen LogP contribution in [0.3, 0.4) is 0 Å². The van der Waals surface area contributed by atoms with E-state index in [0.717, 1.165) is 0 Å². The van der Waals surface area contributed by atoms with E-state index in [-0.39, 0.29) is 6.61 Å². The minimum atomic E-state index is -0.572. The van der Waals surface area contributed by atoms with Crippen LogP contribution >= 0.6 is 23.2 Å². The molecule has 84 valence electrons. The number of benzene rings is 1. The molecular weight excluding hydrogens is 251 g/mol.